The quantitative estimate of drug-likeness (QED) is 0.167. The molecule has 0 spiro atoms. The summed E-state index contributed by atoms with van der Waals surface area (Å²) >= 11 is 0. The van der Waals surface area contributed by atoms with E-state index in [4.69, 9.17) is 9.47 Å². The van der Waals surface area contributed by atoms with Crippen LogP contribution in [-0.4, -0.2) is 70.7 Å². The van der Waals surface area contributed by atoms with E-state index in [1.54, 1.807) is 26.2 Å². The van der Waals surface area contributed by atoms with Gasteiger partial charge in [0.15, 0.2) is 5.65 Å². The molecule has 14 heteroatoms. The van der Waals surface area contributed by atoms with E-state index in [2.05, 4.69) is 30.2 Å². The number of carbonyl (C=O) groups is 2. The molecule has 0 bridgehead atoms. The molecule has 0 aliphatic heterocycles. The van der Waals surface area contributed by atoms with Crippen LogP contribution in [-0.2, 0) is 26.9 Å². The number of H-pyrrole nitrogens is 1. The Morgan fingerprint density at radius 1 is 1.10 bits per heavy atom. The second-order valence-electron chi connectivity index (χ2n) is 12.7. The average molecular weight is 666 g/mol. The number of imidazole rings is 1. The molecule has 2 aliphatic rings. The van der Waals surface area contributed by atoms with E-state index >= 15 is 0 Å². The molecule has 2 saturated carbocycles. The number of anilines is 2. The van der Waals surface area contributed by atoms with Crippen LogP contribution in [0, 0.1) is 5.41 Å². The number of esters is 1. The largest absolute Gasteiger partial charge is 0.466 e. The highest BCUT2D eigenvalue weighted by atomic mass is 19.4. The highest BCUT2D eigenvalue weighted by molar-refractivity contribution is 6.03. The molecule has 11 nitrogen and oxygen atoms in total. The van der Waals surface area contributed by atoms with Gasteiger partial charge >= 0.3 is 12.1 Å². The fourth-order valence-electron chi connectivity index (χ4n) is 6.59. The molecule has 2 aliphatic carbocycles. The van der Waals surface area contributed by atoms with Gasteiger partial charge in [-0.25, -0.2) is 4.98 Å². The van der Waals surface area contributed by atoms with Crippen LogP contribution in [0.2, 0.25) is 0 Å². The zero-order valence-corrected chi connectivity index (χ0v) is 27.1. The zero-order valence-electron chi connectivity index (χ0n) is 27.1. The van der Waals surface area contributed by atoms with Crippen molar-refractivity contribution in [2.45, 2.75) is 64.0 Å². The van der Waals surface area contributed by atoms with Gasteiger partial charge in [-0.3, -0.25) is 24.9 Å². The minimum Gasteiger partial charge on any atom is -0.466 e. The van der Waals surface area contributed by atoms with Crippen LogP contribution < -0.4 is 10.2 Å². The number of nitrogens with one attached hydrogen (secondary N) is 2. The second kappa shape index (κ2) is 13.5. The number of carbonyl (C=O) groups excluding carboxylic acids is 2. The predicted molar refractivity (Wildman–Crippen MR) is 173 cm³/mol. The third kappa shape index (κ3) is 7.28. The highest BCUT2D eigenvalue weighted by Gasteiger charge is 2.40. The lowest BCUT2D eigenvalue weighted by molar-refractivity contribution is -0.142. The van der Waals surface area contributed by atoms with E-state index in [-0.39, 0.29) is 58.6 Å². The van der Waals surface area contributed by atoms with Gasteiger partial charge in [-0.05, 0) is 56.4 Å². The number of hydrogen-bond acceptors (Lipinski definition) is 9. The summed E-state index contributed by atoms with van der Waals surface area (Å²) in [5.41, 5.74) is 1.81. The standard InChI is InChI=1S/C34H38F3N7O4/c1-4-48-27(45)13-20-7-10-24(38-16-20)31(46)43-32-41-29-26(44(2)18-33(19-47-3)11-5-6-12-33)15-25(40-30(29)42-32)22-14-23(34(35,36)37)28(39-17-22)21-8-9-21/h7,10,14-17,21H,4-6,8-9,11-13,18-19H2,1-3H3,(H2,40,41,42,43,46). The predicted octanol–water partition coefficient (Wildman–Crippen LogP) is 6.31. The summed E-state index contributed by atoms with van der Waals surface area (Å²) in [6, 6.07) is 5.97. The lowest BCUT2D eigenvalue weighted by Gasteiger charge is -2.34. The Kier molecular flexibility index (Phi) is 9.37. The number of methoxy groups -OCH3 is 1. The van der Waals surface area contributed by atoms with Crippen molar-refractivity contribution in [1.82, 2.24) is 24.9 Å². The van der Waals surface area contributed by atoms with Crippen molar-refractivity contribution in [2.24, 2.45) is 5.41 Å². The Balaban J connectivity index is 1.34. The summed E-state index contributed by atoms with van der Waals surface area (Å²) in [5.74, 6) is -1.03. The number of aromatic amines is 1. The molecule has 2 N–H and O–H groups in total. The van der Waals surface area contributed by atoms with Crippen molar-refractivity contribution < 1.29 is 32.2 Å². The molecule has 2 fully saturated rings. The maximum absolute atomic E-state index is 14.1. The number of ether oxygens (including phenoxy) is 2. The topological polar surface area (TPSA) is 135 Å². The molecule has 0 atom stereocenters. The molecular formula is C34H38F3N7O4. The molecule has 6 rings (SSSR count). The van der Waals surface area contributed by atoms with Crippen LogP contribution in [0.4, 0.5) is 24.8 Å². The summed E-state index contributed by atoms with van der Waals surface area (Å²) in [4.78, 5) is 47.7. The fourth-order valence-corrected chi connectivity index (χ4v) is 6.59. The monoisotopic (exact) mass is 665 g/mol. The number of amides is 1. The van der Waals surface area contributed by atoms with Crippen molar-refractivity contribution in [1.29, 1.82) is 0 Å². The Hall–Kier alpha value is -4.59. The SMILES string of the molecule is CCOC(=O)Cc1ccc(C(=O)Nc2nc3nc(-c4cnc(C5CC5)c(C(F)(F)F)c4)cc(N(C)CC4(COC)CCCC4)c3[nH]2)nc1. The van der Waals surface area contributed by atoms with E-state index in [0.29, 0.717) is 42.8 Å². The van der Waals surface area contributed by atoms with Crippen LogP contribution in [0.25, 0.3) is 22.4 Å². The molecule has 0 saturated heterocycles. The molecule has 0 aromatic carbocycles. The van der Waals surface area contributed by atoms with Gasteiger partial charge in [-0.2, -0.15) is 18.2 Å². The van der Waals surface area contributed by atoms with Crippen molar-refractivity contribution in [2.75, 3.05) is 44.1 Å². The number of nitrogens with zero attached hydrogens (tertiary/aromatic N) is 5. The van der Waals surface area contributed by atoms with Crippen molar-refractivity contribution in [3.05, 3.63) is 59.2 Å². The highest BCUT2D eigenvalue weighted by Crippen LogP contribution is 2.46. The van der Waals surface area contributed by atoms with Crippen LogP contribution >= 0.6 is 0 Å². The first kappa shape index (κ1) is 33.3. The minimum absolute atomic E-state index is 0.0333. The lowest BCUT2D eigenvalue weighted by atomic mass is 9.86. The normalized spacial score (nSPS) is 15.9. The molecule has 0 radical (unpaired) electrons. The summed E-state index contributed by atoms with van der Waals surface area (Å²) < 4.78 is 53.0. The molecule has 1 amide bonds. The Bertz CT molecular complexity index is 1800. The third-order valence-electron chi connectivity index (χ3n) is 8.97. The van der Waals surface area contributed by atoms with E-state index < -0.39 is 23.6 Å². The van der Waals surface area contributed by atoms with Gasteiger partial charge in [0.2, 0.25) is 5.95 Å². The third-order valence-corrected chi connectivity index (χ3v) is 8.97. The Labute approximate surface area is 275 Å². The number of aromatic nitrogens is 5. The van der Waals surface area contributed by atoms with E-state index in [1.807, 2.05) is 11.9 Å². The van der Waals surface area contributed by atoms with Crippen molar-refractivity contribution in [3.63, 3.8) is 0 Å². The van der Waals surface area contributed by atoms with Gasteiger partial charge < -0.3 is 19.4 Å². The van der Waals surface area contributed by atoms with Crippen molar-refractivity contribution in [3.8, 4) is 11.3 Å². The second-order valence-corrected chi connectivity index (χ2v) is 12.7. The molecule has 254 valence electrons. The Morgan fingerprint density at radius 2 is 1.88 bits per heavy atom. The smallest absolute Gasteiger partial charge is 0.418 e. The van der Waals surface area contributed by atoms with Crippen molar-refractivity contribution >= 4 is 34.7 Å². The summed E-state index contributed by atoms with van der Waals surface area (Å²) in [6.45, 7) is 3.20. The zero-order chi connectivity index (χ0) is 34.1. The number of rotatable bonds is 12. The first-order valence-electron chi connectivity index (χ1n) is 16.1. The molecule has 0 unspecified atom stereocenters. The summed E-state index contributed by atoms with van der Waals surface area (Å²) in [7, 11) is 3.61. The van der Waals surface area contributed by atoms with Gasteiger partial charge in [0.1, 0.15) is 11.2 Å². The van der Waals surface area contributed by atoms with E-state index in [9.17, 15) is 22.8 Å². The van der Waals surface area contributed by atoms with Gasteiger partial charge in [0.05, 0.1) is 42.3 Å². The summed E-state index contributed by atoms with van der Waals surface area (Å²) in [5, 5.41) is 2.71. The van der Waals surface area contributed by atoms with Crippen LogP contribution in [0.5, 0.6) is 0 Å². The number of fused-ring (bicyclic) bond motifs is 1. The van der Waals surface area contributed by atoms with Crippen LogP contribution in [0.3, 0.4) is 0 Å². The number of alkyl halides is 3. The number of hydrogen-bond donors (Lipinski definition) is 2. The Morgan fingerprint density at radius 3 is 2.52 bits per heavy atom. The maximum Gasteiger partial charge on any atom is 0.418 e. The average Bonchev–Trinajstić information content (AvgIpc) is 3.67. The number of pyridine rings is 3. The molecule has 4 aromatic heterocycles. The van der Waals surface area contributed by atoms with E-state index in [1.165, 1.54) is 18.5 Å². The molecule has 4 heterocycles. The van der Waals surface area contributed by atoms with Gasteiger partial charge in [0, 0.05) is 50.0 Å². The van der Waals surface area contributed by atoms with Crippen LogP contribution in [0.15, 0.2) is 36.7 Å². The van der Waals surface area contributed by atoms with Gasteiger partial charge in [-0.1, -0.05) is 18.9 Å². The number of halogens is 3. The summed E-state index contributed by atoms with van der Waals surface area (Å²) in [6.07, 6.45) is 3.88. The van der Waals surface area contributed by atoms with Gasteiger partial charge in [-0.15, -0.1) is 0 Å². The minimum atomic E-state index is -4.56. The first-order chi connectivity index (χ1) is 23.0. The molecular weight excluding hydrogens is 627 g/mol. The van der Waals surface area contributed by atoms with Crippen LogP contribution in [0.1, 0.15) is 78.7 Å². The van der Waals surface area contributed by atoms with Gasteiger partial charge in [0.25, 0.3) is 5.91 Å². The molecule has 4 aromatic rings. The fraction of sp³-hybridized carbons (Fsp3) is 0.471. The molecule has 48 heavy (non-hydrogen) atoms. The van der Waals surface area contributed by atoms with E-state index in [0.717, 1.165) is 31.7 Å². The maximum atomic E-state index is 14.1. The lowest BCUT2D eigenvalue weighted by Crippen LogP contribution is -2.37. The first-order valence-corrected chi connectivity index (χ1v) is 16.1.